The maximum absolute atomic E-state index is 13.6. The third-order valence-electron chi connectivity index (χ3n) is 9.34. The molecule has 0 radical (unpaired) electrons. The zero-order chi connectivity index (χ0) is 28.7. The fraction of sp³-hybridized carbons (Fsp3) is 0.531. The van der Waals surface area contributed by atoms with E-state index in [2.05, 4.69) is 66.3 Å². The summed E-state index contributed by atoms with van der Waals surface area (Å²) < 4.78 is 5.76. The van der Waals surface area contributed by atoms with Gasteiger partial charge in [-0.05, 0) is 48.4 Å². The molecule has 8 nitrogen and oxygen atoms in total. The Morgan fingerprint density at radius 3 is 2.59 bits per heavy atom. The van der Waals surface area contributed by atoms with E-state index in [1.54, 1.807) is 4.90 Å². The first-order valence-electron chi connectivity index (χ1n) is 15.1. The van der Waals surface area contributed by atoms with Crippen LogP contribution in [0, 0.1) is 11.8 Å². The molecule has 2 aromatic carbocycles. The largest absolute Gasteiger partial charge is 0.371 e. The second-order valence-corrected chi connectivity index (χ2v) is 19.0. The van der Waals surface area contributed by atoms with Crippen LogP contribution in [0.15, 0.2) is 48.5 Å². The maximum Gasteiger partial charge on any atom is 0.255 e. The molecule has 3 amide bonds. The van der Waals surface area contributed by atoms with Crippen LogP contribution in [0.25, 0.3) is 0 Å². The van der Waals surface area contributed by atoms with Crippen molar-refractivity contribution in [1.82, 2.24) is 15.1 Å². The summed E-state index contributed by atoms with van der Waals surface area (Å²) in [6.45, 7) is 10.6. The minimum absolute atomic E-state index is 0.0341. The maximum atomic E-state index is 13.6. The average Bonchev–Trinajstić information content (AvgIpc) is 3.62. The molecule has 4 aliphatic heterocycles. The normalized spacial score (nSPS) is 26.2. The molecule has 4 heterocycles. The molecule has 6 rings (SSSR count). The van der Waals surface area contributed by atoms with Crippen LogP contribution in [0.5, 0.6) is 0 Å². The Labute approximate surface area is 244 Å². The van der Waals surface area contributed by atoms with Gasteiger partial charge in [-0.1, -0.05) is 56.0 Å². The number of carbonyl (C=O) groups excluding carboxylic acids is 3. The van der Waals surface area contributed by atoms with Crippen molar-refractivity contribution in [2.24, 2.45) is 11.8 Å². The van der Waals surface area contributed by atoms with E-state index in [0.717, 1.165) is 43.4 Å². The van der Waals surface area contributed by atoms with E-state index in [1.165, 1.54) is 10.5 Å². The van der Waals surface area contributed by atoms with E-state index in [1.807, 2.05) is 12.1 Å². The van der Waals surface area contributed by atoms with Crippen molar-refractivity contribution in [3.8, 4) is 0 Å². The number of anilines is 1. The molecule has 1 N–H and O–H groups in total. The summed E-state index contributed by atoms with van der Waals surface area (Å²) in [5.74, 6) is 0.485. The van der Waals surface area contributed by atoms with Crippen LogP contribution < -0.4 is 10.2 Å². The number of hydrogen-bond donors (Lipinski definition) is 1. The molecule has 2 aromatic rings. The summed E-state index contributed by atoms with van der Waals surface area (Å²) in [6, 6.07) is 17.4. The number of ether oxygens (including phenoxy) is 1. The van der Waals surface area contributed by atoms with E-state index in [0.29, 0.717) is 43.0 Å². The molecule has 4 atom stereocenters. The molecule has 3 saturated heterocycles. The lowest BCUT2D eigenvalue weighted by molar-refractivity contribution is -0.158. The molecule has 0 aromatic heterocycles. The van der Waals surface area contributed by atoms with Gasteiger partial charge in [0.1, 0.15) is 12.8 Å². The Balaban J connectivity index is 1.13. The smallest absolute Gasteiger partial charge is 0.255 e. The van der Waals surface area contributed by atoms with Crippen molar-refractivity contribution in [1.29, 1.82) is 0 Å². The van der Waals surface area contributed by atoms with Crippen LogP contribution in [0.2, 0.25) is 25.7 Å². The molecular weight excluding hydrogens is 532 g/mol. The third-order valence-corrected chi connectivity index (χ3v) is 11.0. The predicted molar refractivity (Wildman–Crippen MR) is 161 cm³/mol. The van der Waals surface area contributed by atoms with Gasteiger partial charge < -0.3 is 19.9 Å². The van der Waals surface area contributed by atoms with Gasteiger partial charge in [-0.2, -0.15) is 0 Å². The number of carbonyl (C=O) groups is 3. The summed E-state index contributed by atoms with van der Waals surface area (Å²) in [5.41, 5.74) is 4.16. The number of benzene rings is 2. The quantitative estimate of drug-likeness (QED) is 0.279. The first-order valence-corrected chi connectivity index (χ1v) is 18.8. The highest BCUT2D eigenvalue weighted by atomic mass is 28.3. The molecule has 0 aliphatic carbocycles. The van der Waals surface area contributed by atoms with Crippen LogP contribution in [0.3, 0.4) is 0 Å². The lowest BCUT2D eigenvalue weighted by Crippen LogP contribution is -2.55. The minimum atomic E-state index is -1.28. The lowest BCUT2D eigenvalue weighted by Gasteiger charge is -2.35. The summed E-state index contributed by atoms with van der Waals surface area (Å²) in [6.07, 6.45) is 1.63. The number of rotatable bonds is 9. The van der Waals surface area contributed by atoms with Gasteiger partial charge in [0.05, 0.1) is 0 Å². The predicted octanol–water partition coefficient (Wildman–Crippen LogP) is 3.74. The SMILES string of the molecule is C[Si](C)(C)CCOCN1C(=O)CCC(N2Cc3c(cccc3N3C[C@H]4CNC(Cc5ccccc5)[C@@H]4C3)C2=O)C1=O. The van der Waals surface area contributed by atoms with Gasteiger partial charge >= 0.3 is 0 Å². The number of nitrogens with one attached hydrogen (secondary N) is 1. The molecule has 41 heavy (non-hydrogen) atoms. The van der Waals surface area contributed by atoms with Crippen LogP contribution in [-0.2, 0) is 27.3 Å². The van der Waals surface area contributed by atoms with Gasteiger partial charge in [-0.15, -0.1) is 0 Å². The molecule has 4 aliphatic rings. The second-order valence-electron chi connectivity index (χ2n) is 13.3. The first-order chi connectivity index (χ1) is 19.7. The number of imide groups is 1. The van der Waals surface area contributed by atoms with Crippen LogP contribution in [0.4, 0.5) is 5.69 Å². The number of nitrogens with zero attached hydrogens (tertiary/aromatic N) is 3. The van der Waals surface area contributed by atoms with Crippen molar-refractivity contribution >= 4 is 31.5 Å². The number of amides is 3. The van der Waals surface area contributed by atoms with Crippen molar-refractivity contribution in [3.05, 3.63) is 65.2 Å². The van der Waals surface area contributed by atoms with Crippen molar-refractivity contribution < 1.29 is 19.1 Å². The molecule has 0 spiro atoms. The monoisotopic (exact) mass is 574 g/mol. The van der Waals surface area contributed by atoms with Crippen molar-refractivity contribution in [2.45, 2.75) is 63.6 Å². The Bertz CT molecular complexity index is 1310. The number of likely N-dealkylation sites (tertiary alicyclic amines) is 1. The van der Waals surface area contributed by atoms with Gasteiger partial charge in [0, 0.05) is 70.1 Å². The topological polar surface area (TPSA) is 82.2 Å². The average molecular weight is 575 g/mol. The highest BCUT2D eigenvalue weighted by Gasteiger charge is 2.46. The summed E-state index contributed by atoms with van der Waals surface area (Å²) in [4.78, 5) is 45.1. The fourth-order valence-electron chi connectivity index (χ4n) is 6.98. The first kappa shape index (κ1) is 28.1. The Morgan fingerprint density at radius 1 is 1.00 bits per heavy atom. The fourth-order valence-corrected chi connectivity index (χ4v) is 7.73. The summed E-state index contributed by atoms with van der Waals surface area (Å²) in [7, 11) is -1.28. The Hall–Kier alpha value is -3.01. The molecule has 218 valence electrons. The number of hydrogen-bond acceptors (Lipinski definition) is 6. The van der Waals surface area contributed by atoms with Gasteiger partial charge in [-0.3, -0.25) is 19.3 Å². The van der Waals surface area contributed by atoms with Crippen molar-refractivity contribution in [2.75, 3.05) is 37.9 Å². The molecule has 9 heteroatoms. The van der Waals surface area contributed by atoms with Crippen LogP contribution in [-0.4, -0.2) is 80.7 Å². The Kier molecular flexibility index (Phi) is 7.78. The summed E-state index contributed by atoms with van der Waals surface area (Å²) >= 11 is 0. The van der Waals surface area contributed by atoms with E-state index in [-0.39, 0.29) is 30.9 Å². The molecule has 0 saturated carbocycles. The highest BCUT2D eigenvalue weighted by molar-refractivity contribution is 6.76. The Morgan fingerprint density at radius 2 is 1.80 bits per heavy atom. The second kappa shape index (κ2) is 11.3. The highest BCUT2D eigenvalue weighted by Crippen LogP contribution is 2.40. The van der Waals surface area contributed by atoms with Gasteiger partial charge in [0.15, 0.2) is 0 Å². The van der Waals surface area contributed by atoms with Crippen LogP contribution >= 0.6 is 0 Å². The number of fused-ring (bicyclic) bond motifs is 2. The zero-order valence-corrected chi connectivity index (χ0v) is 25.5. The van der Waals surface area contributed by atoms with Gasteiger partial charge in [0.2, 0.25) is 5.91 Å². The molecule has 2 unspecified atom stereocenters. The molecule has 0 bridgehead atoms. The minimum Gasteiger partial charge on any atom is -0.371 e. The van der Waals surface area contributed by atoms with E-state index in [4.69, 9.17) is 4.74 Å². The van der Waals surface area contributed by atoms with E-state index < -0.39 is 14.1 Å². The molecule has 3 fully saturated rings. The standard InChI is InChI=1S/C32H42N4O4Si/c1-41(2,3)15-14-40-21-36-30(37)13-12-29(32(36)39)35-20-26-24(31(35)38)10-7-11-28(26)34-18-23-17-33-27(25(23)19-34)16-22-8-5-4-6-9-22/h4-11,23,25,27,29,33H,12-21H2,1-3H3/t23-,25-,27?,29?/m1/s1. The van der Waals surface area contributed by atoms with Gasteiger partial charge in [-0.25, -0.2) is 0 Å². The lowest BCUT2D eigenvalue weighted by atomic mass is 9.90. The van der Waals surface area contributed by atoms with Crippen molar-refractivity contribution in [3.63, 3.8) is 0 Å². The van der Waals surface area contributed by atoms with Crippen LogP contribution in [0.1, 0.15) is 34.3 Å². The van der Waals surface area contributed by atoms with Gasteiger partial charge in [0.25, 0.3) is 11.8 Å². The van der Waals surface area contributed by atoms with E-state index >= 15 is 0 Å². The third kappa shape index (κ3) is 5.72. The number of piperidine rings is 1. The summed E-state index contributed by atoms with van der Waals surface area (Å²) in [5, 5.41) is 3.76. The zero-order valence-electron chi connectivity index (χ0n) is 24.5. The molecular formula is C32H42N4O4Si. The van der Waals surface area contributed by atoms with E-state index in [9.17, 15) is 14.4 Å².